The number of aliphatic imine (C=N–C) groups is 1. The molecule has 1 saturated heterocycles. The van der Waals surface area contributed by atoms with Crippen LogP contribution in [0.3, 0.4) is 0 Å². The molecule has 0 bridgehead atoms. The highest BCUT2D eigenvalue weighted by Crippen LogP contribution is 2.34. The summed E-state index contributed by atoms with van der Waals surface area (Å²) in [5, 5.41) is 1.51. The Balaban J connectivity index is 2.00. The zero-order chi connectivity index (χ0) is 18.8. The van der Waals surface area contributed by atoms with Crippen molar-refractivity contribution < 1.29 is 4.79 Å². The van der Waals surface area contributed by atoms with E-state index in [0.717, 1.165) is 32.7 Å². The molecule has 1 amide bonds. The average molecular weight is 388 g/mol. The fourth-order valence-corrected chi connectivity index (χ4v) is 4.32. The lowest BCUT2D eigenvalue weighted by molar-refractivity contribution is -0.122. The predicted octanol–water partition coefficient (Wildman–Crippen LogP) is 5.06. The molecule has 4 nitrogen and oxygen atoms in total. The van der Waals surface area contributed by atoms with Crippen molar-refractivity contribution in [3.63, 3.8) is 0 Å². The Morgan fingerprint density at radius 2 is 1.88 bits per heavy atom. The number of amides is 1. The number of carbonyl (C=O) groups excluding carboxylic acids is 1. The minimum atomic E-state index is 0.0287. The van der Waals surface area contributed by atoms with Crippen LogP contribution in [0.5, 0.6) is 0 Å². The maximum Gasteiger partial charge on any atom is 0.266 e. The molecule has 2 aromatic rings. The molecule has 2 heterocycles. The first-order chi connectivity index (χ1) is 12.5. The molecule has 0 N–H and O–H groups in total. The van der Waals surface area contributed by atoms with E-state index in [2.05, 4.69) is 29.5 Å². The minimum Gasteiger partial charge on any atom is -0.318 e. The number of aromatic nitrogens is 1. The molecule has 0 unspecified atom stereocenters. The standard InChI is InChI=1S/C20H22ClN3OS/c1-5-22-20-23(6-2)19(25)18(26-20)12-15-11-13(3)24(14(15)4)17-9-7-16(21)8-10-17/h7-12H,5-6H2,1-4H3/b18-12-,22-20?. The first-order valence-corrected chi connectivity index (χ1v) is 9.86. The average Bonchev–Trinajstić information content (AvgIpc) is 3.06. The molecule has 1 aromatic heterocycles. The summed E-state index contributed by atoms with van der Waals surface area (Å²) in [6.07, 6.45) is 1.97. The third-order valence-corrected chi connectivity index (χ3v) is 5.64. The van der Waals surface area contributed by atoms with Gasteiger partial charge in [0.15, 0.2) is 5.17 Å². The highest BCUT2D eigenvalue weighted by atomic mass is 35.5. The molecule has 26 heavy (non-hydrogen) atoms. The summed E-state index contributed by atoms with van der Waals surface area (Å²) in [6, 6.07) is 9.88. The van der Waals surface area contributed by atoms with Crippen molar-refractivity contribution in [3.8, 4) is 5.69 Å². The van der Waals surface area contributed by atoms with Crippen LogP contribution in [-0.4, -0.2) is 33.6 Å². The van der Waals surface area contributed by atoms with Crippen LogP contribution in [0, 0.1) is 13.8 Å². The van der Waals surface area contributed by atoms with Gasteiger partial charge in [0, 0.05) is 35.2 Å². The summed E-state index contributed by atoms with van der Waals surface area (Å²) in [5.74, 6) is 0.0287. The first-order valence-electron chi connectivity index (χ1n) is 8.67. The summed E-state index contributed by atoms with van der Waals surface area (Å²) < 4.78 is 2.17. The van der Waals surface area contributed by atoms with Crippen LogP contribution in [0.25, 0.3) is 11.8 Å². The molecular formula is C20H22ClN3OS. The Hall–Kier alpha value is -1.98. The van der Waals surface area contributed by atoms with E-state index >= 15 is 0 Å². The Morgan fingerprint density at radius 3 is 2.50 bits per heavy atom. The van der Waals surface area contributed by atoms with Gasteiger partial charge in [0.1, 0.15) is 0 Å². The number of carbonyl (C=O) groups is 1. The van der Waals surface area contributed by atoms with E-state index in [1.165, 1.54) is 11.8 Å². The summed E-state index contributed by atoms with van der Waals surface area (Å²) in [5.41, 5.74) is 4.31. The van der Waals surface area contributed by atoms with Crippen LogP contribution in [0.4, 0.5) is 0 Å². The number of amidine groups is 1. The molecule has 0 aliphatic carbocycles. The first kappa shape index (κ1) is 18.8. The second kappa shape index (κ2) is 7.72. The van der Waals surface area contributed by atoms with Crippen LogP contribution in [0.15, 0.2) is 40.2 Å². The van der Waals surface area contributed by atoms with Gasteiger partial charge in [-0.25, -0.2) is 0 Å². The minimum absolute atomic E-state index is 0.0287. The van der Waals surface area contributed by atoms with Crippen LogP contribution in [0.1, 0.15) is 30.8 Å². The van der Waals surface area contributed by atoms with E-state index in [9.17, 15) is 4.79 Å². The summed E-state index contributed by atoms with van der Waals surface area (Å²) in [4.78, 5) is 19.6. The Labute approximate surface area is 163 Å². The van der Waals surface area contributed by atoms with E-state index in [-0.39, 0.29) is 5.91 Å². The summed E-state index contributed by atoms with van der Waals surface area (Å²) >= 11 is 7.46. The largest absolute Gasteiger partial charge is 0.318 e. The van der Waals surface area contributed by atoms with Crippen molar-refractivity contribution in [1.82, 2.24) is 9.47 Å². The third-order valence-electron chi connectivity index (χ3n) is 4.34. The Kier molecular flexibility index (Phi) is 5.58. The lowest BCUT2D eigenvalue weighted by Gasteiger charge is -2.11. The normalized spacial score (nSPS) is 17.7. The van der Waals surface area contributed by atoms with Crippen molar-refractivity contribution in [1.29, 1.82) is 0 Å². The van der Waals surface area contributed by atoms with Crippen molar-refractivity contribution in [2.45, 2.75) is 27.7 Å². The number of aryl methyl sites for hydroxylation is 1. The fourth-order valence-electron chi connectivity index (χ4n) is 3.10. The van der Waals surface area contributed by atoms with Gasteiger partial charge in [0.25, 0.3) is 5.91 Å². The van der Waals surface area contributed by atoms with Gasteiger partial charge >= 0.3 is 0 Å². The van der Waals surface area contributed by atoms with E-state index in [1.54, 1.807) is 4.90 Å². The number of hydrogen-bond acceptors (Lipinski definition) is 3. The number of benzene rings is 1. The second-order valence-corrected chi connectivity index (χ2v) is 7.50. The number of halogens is 1. The van der Waals surface area contributed by atoms with Gasteiger partial charge in [0.2, 0.25) is 0 Å². The molecule has 0 radical (unpaired) electrons. The van der Waals surface area contributed by atoms with Crippen molar-refractivity contribution >= 4 is 40.5 Å². The van der Waals surface area contributed by atoms with Gasteiger partial charge in [-0.05, 0) is 81.4 Å². The molecule has 1 aliphatic heterocycles. The fraction of sp³-hybridized carbons (Fsp3) is 0.300. The number of thioether (sulfide) groups is 1. The molecule has 6 heteroatoms. The molecule has 1 aliphatic rings. The maximum atomic E-state index is 12.7. The van der Waals surface area contributed by atoms with Crippen LogP contribution in [0.2, 0.25) is 5.02 Å². The van der Waals surface area contributed by atoms with Gasteiger partial charge in [-0.1, -0.05) is 11.6 Å². The maximum absolute atomic E-state index is 12.7. The third kappa shape index (κ3) is 3.46. The quantitative estimate of drug-likeness (QED) is 0.687. The molecule has 0 saturated carbocycles. The summed E-state index contributed by atoms with van der Waals surface area (Å²) in [6.45, 7) is 9.38. The van der Waals surface area contributed by atoms with Crippen LogP contribution < -0.4 is 0 Å². The predicted molar refractivity (Wildman–Crippen MR) is 111 cm³/mol. The Bertz CT molecular complexity index is 897. The van der Waals surface area contributed by atoms with Gasteiger partial charge in [-0.3, -0.25) is 14.7 Å². The summed E-state index contributed by atoms with van der Waals surface area (Å²) in [7, 11) is 0. The second-order valence-electron chi connectivity index (χ2n) is 6.06. The van der Waals surface area contributed by atoms with Crippen LogP contribution >= 0.6 is 23.4 Å². The van der Waals surface area contributed by atoms with Gasteiger partial charge < -0.3 is 4.57 Å². The van der Waals surface area contributed by atoms with Crippen molar-refractivity contribution in [2.24, 2.45) is 4.99 Å². The lowest BCUT2D eigenvalue weighted by Crippen LogP contribution is -2.28. The number of hydrogen-bond donors (Lipinski definition) is 0. The smallest absolute Gasteiger partial charge is 0.266 e. The molecular weight excluding hydrogens is 366 g/mol. The van der Waals surface area contributed by atoms with E-state index < -0.39 is 0 Å². The number of likely N-dealkylation sites (N-methyl/N-ethyl adjacent to an activating group) is 1. The number of nitrogens with zero attached hydrogens (tertiary/aromatic N) is 3. The van der Waals surface area contributed by atoms with E-state index in [4.69, 9.17) is 11.6 Å². The van der Waals surface area contributed by atoms with Crippen molar-refractivity contribution in [3.05, 3.63) is 57.2 Å². The molecule has 3 rings (SSSR count). The van der Waals surface area contributed by atoms with E-state index in [1.807, 2.05) is 44.2 Å². The number of rotatable bonds is 4. The van der Waals surface area contributed by atoms with Gasteiger partial charge in [0.05, 0.1) is 4.91 Å². The molecule has 0 atom stereocenters. The molecule has 136 valence electrons. The van der Waals surface area contributed by atoms with Gasteiger partial charge in [-0.2, -0.15) is 0 Å². The zero-order valence-electron chi connectivity index (χ0n) is 15.4. The highest BCUT2D eigenvalue weighted by Gasteiger charge is 2.32. The highest BCUT2D eigenvalue weighted by molar-refractivity contribution is 8.18. The zero-order valence-corrected chi connectivity index (χ0v) is 17.0. The SMILES string of the molecule is CCN=C1S/C(=C\c2cc(C)n(-c3ccc(Cl)cc3)c2C)C(=O)N1CC. The topological polar surface area (TPSA) is 37.6 Å². The molecule has 1 aromatic carbocycles. The van der Waals surface area contributed by atoms with Gasteiger partial charge in [-0.15, -0.1) is 0 Å². The lowest BCUT2D eigenvalue weighted by atomic mass is 10.2. The molecule has 1 fully saturated rings. The molecule has 0 spiro atoms. The van der Waals surface area contributed by atoms with E-state index in [0.29, 0.717) is 18.1 Å². The van der Waals surface area contributed by atoms with Crippen molar-refractivity contribution in [2.75, 3.05) is 13.1 Å². The van der Waals surface area contributed by atoms with Crippen LogP contribution in [-0.2, 0) is 4.79 Å². The Morgan fingerprint density at radius 1 is 1.19 bits per heavy atom. The monoisotopic (exact) mass is 387 g/mol.